The fourth-order valence-corrected chi connectivity index (χ4v) is 2.72. The lowest BCUT2D eigenvalue weighted by Gasteiger charge is -2.33. The van der Waals surface area contributed by atoms with Crippen molar-refractivity contribution in [1.29, 1.82) is 0 Å². The van der Waals surface area contributed by atoms with Gasteiger partial charge in [0.15, 0.2) is 5.96 Å². The van der Waals surface area contributed by atoms with Crippen LogP contribution in [0, 0.1) is 0 Å². The van der Waals surface area contributed by atoms with Gasteiger partial charge in [0.05, 0.1) is 6.61 Å². The first-order valence-electron chi connectivity index (χ1n) is 8.53. The van der Waals surface area contributed by atoms with Crippen molar-refractivity contribution in [2.24, 2.45) is 4.99 Å². The van der Waals surface area contributed by atoms with E-state index in [4.69, 9.17) is 4.74 Å². The summed E-state index contributed by atoms with van der Waals surface area (Å²) in [5.74, 6) is 0.904. The maximum absolute atomic E-state index is 5.04. The molecule has 124 valence electrons. The first kappa shape index (κ1) is 18.2. The van der Waals surface area contributed by atoms with Crippen LogP contribution in [0.15, 0.2) is 4.99 Å². The van der Waals surface area contributed by atoms with E-state index in [2.05, 4.69) is 34.4 Å². The lowest BCUT2D eigenvalue weighted by molar-refractivity contribution is 0.158. The van der Waals surface area contributed by atoms with Gasteiger partial charge in [-0.05, 0) is 52.6 Å². The molecule has 21 heavy (non-hydrogen) atoms. The van der Waals surface area contributed by atoms with E-state index in [9.17, 15) is 0 Å². The molecule has 5 nitrogen and oxygen atoms in total. The largest absolute Gasteiger partial charge is 0.383 e. The molecule has 0 aliphatic carbocycles. The summed E-state index contributed by atoms with van der Waals surface area (Å²) in [5.41, 5.74) is 0. The van der Waals surface area contributed by atoms with E-state index in [-0.39, 0.29) is 0 Å². The van der Waals surface area contributed by atoms with Gasteiger partial charge in [-0.25, -0.2) is 0 Å². The van der Waals surface area contributed by atoms with E-state index in [1.165, 1.54) is 38.8 Å². The Morgan fingerprint density at radius 2 is 2.14 bits per heavy atom. The second-order valence-electron chi connectivity index (χ2n) is 5.77. The first-order valence-corrected chi connectivity index (χ1v) is 8.53. The predicted octanol–water partition coefficient (Wildman–Crippen LogP) is 1.84. The second kappa shape index (κ2) is 11.8. The summed E-state index contributed by atoms with van der Waals surface area (Å²) in [6.45, 7) is 10.3. The Kier molecular flexibility index (Phi) is 10.3. The molecular weight excluding hydrogens is 264 g/mol. The highest BCUT2D eigenvalue weighted by Gasteiger charge is 2.16. The summed E-state index contributed by atoms with van der Waals surface area (Å²) in [7, 11) is 1.72. The maximum Gasteiger partial charge on any atom is 0.191 e. The molecule has 1 atom stereocenters. The van der Waals surface area contributed by atoms with Crippen LogP contribution in [0.3, 0.4) is 0 Å². The van der Waals surface area contributed by atoms with Gasteiger partial charge in [-0.1, -0.05) is 6.42 Å². The molecule has 0 aromatic heterocycles. The maximum atomic E-state index is 5.04. The van der Waals surface area contributed by atoms with Crippen molar-refractivity contribution in [3.05, 3.63) is 0 Å². The zero-order valence-corrected chi connectivity index (χ0v) is 14.2. The zero-order valence-electron chi connectivity index (χ0n) is 14.2. The van der Waals surface area contributed by atoms with Crippen molar-refractivity contribution in [1.82, 2.24) is 15.5 Å². The Hall–Kier alpha value is -0.810. The molecule has 2 N–H and O–H groups in total. The second-order valence-corrected chi connectivity index (χ2v) is 5.77. The summed E-state index contributed by atoms with van der Waals surface area (Å²) in [6, 6.07) is 0.773. The van der Waals surface area contributed by atoms with Crippen molar-refractivity contribution >= 4 is 5.96 Å². The number of aliphatic imine (C=N–C) groups is 1. The summed E-state index contributed by atoms with van der Waals surface area (Å²) >= 11 is 0. The van der Waals surface area contributed by atoms with E-state index in [0.29, 0.717) is 6.61 Å². The number of rotatable bonds is 9. The lowest BCUT2D eigenvalue weighted by Crippen LogP contribution is -2.39. The molecule has 0 aromatic carbocycles. The van der Waals surface area contributed by atoms with Crippen LogP contribution in [0.1, 0.15) is 46.0 Å². The SMILES string of the molecule is CCNC(=NCCCCN1CCCCC1C)NCCOC. The quantitative estimate of drug-likeness (QED) is 0.387. The molecule has 1 saturated heterocycles. The number of piperidine rings is 1. The number of likely N-dealkylation sites (tertiary alicyclic amines) is 1. The third-order valence-electron chi connectivity index (χ3n) is 4.01. The first-order chi connectivity index (χ1) is 10.3. The number of nitrogens with one attached hydrogen (secondary N) is 2. The smallest absolute Gasteiger partial charge is 0.191 e. The molecular formula is C16H34N4O. The number of hydrogen-bond acceptors (Lipinski definition) is 3. The van der Waals surface area contributed by atoms with Gasteiger partial charge in [-0.15, -0.1) is 0 Å². The minimum atomic E-state index is 0.706. The molecule has 0 aromatic rings. The molecule has 0 amide bonds. The fraction of sp³-hybridized carbons (Fsp3) is 0.938. The van der Waals surface area contributed by atoms with E-state index >= 15 is 0 Å². The van der Waals surface area contributed by atoms with Gasteiger partial charge in [-0.2, -0.15) is 0 Å². The van der Waals surface area contributed by atoms with Gasteiger partial charge in [0.2, 0.25) is 0 Å². The Bertz CT molecular complexity index is 283. The highest BCUT2D eigenvalue weighted by Crippen LogP contribution is 2.16. The van der Waals surface area contributed by atoms with Gasteiger partial charge in [0, 0.05) is 32.8 Å². The minimum absolute atomic E-state index is 0.706. The van der Waals surface area contributed by atoms with Gasteiger partial charge < -0.3 is 20.3 Å². The van der Waals surface area contributed by atoms with E-state index in [1.807, 2.05) is 0 Å². The van der Waals surface area contributed by atoms with Crippen LogP contribution >= 0.6 is 0 Å². The van der Waals surface area contributed by atoms with E-state index < -0.39 is 0 Å². The lowest BCUT2D eigenvalue weighted by atomic mass is 10.0. The van der Waals surface area contributed by atoms with Crippen molar-refractivity contribution in [2.75, 3.05) is 46.4 Å². The van der Waals surface area contributed by atoms with Crippen molar-refractivity contribution in [3.8, 4) is 0 Å². The van der Waals surface area contributed by atoms with Gasteiger partial charge in [0.25, 0.3) is 0 Å². The Labute approximate surface area is 130 Å². The van der Waals surface area contributed by atoms with Crippen LogP contribution in [-0.2, 0) is 4.74 Å². The van der Waals surface area contributed by atoms with Crippen LogP contribution in [-0.4, -0.2) is 63.3 Å². The number of nitrogens with zero attached hydrogens (tertiary/aromatic N) is 2. The number of methoxy groups -OCH3 is 1. The van der Waals surface area contributed by atoms with E-state index in [0.717, 1.165) is 38.1 Å². The fourth-order valence-electron chi connectivity index (χ4n) is 2.72. The minimum Gasteiger partial charge on any atom is -0.383 e. The van der Waals surface area contributed by atoms with Gasteiger partial charge >= 0.3 is 0 Å². The third-order valence-corrected chi connectivity index (χ3v) is 4.01. The predicted molar refractivity (Wildman–Crippen MR) is 90.0 cm³/mol. The molecule has 0 saturated carbocycles. The molecule has 0 bridgehead atoms. The normalized spacial score (nSPS) is 20.5. The van der Waals surface area contributed by atoms with Gasteiger partial charge in [0.1, 0.15) is 0 Å². The Morgan fingerprint density at radius 1 is 1.29 bits per heavy atom. The van der Waals surface area contributed by atoms with Crippen molar-refractivity contribution < 1.29 is 4.74 Å². The number of guanidine groups is 1. The highest BCUT2D eigenvalue weighted by atomic mass is 16.5. The Morgan fingerprint density at radius 3 is 2.86 bits per heavy atom. The summed E-state index contributed by atoms with van der Waals surface area (Å²) < 4.78 is 5.04. The van der Waals surface area contributed by atoms with Crippen LogP contribution in [0.25, 0.3) is 0 Å². The molecule has 0 spiro atoms. The number of ether oxygens (including phenoxy) is 1. The molecule has 5 heteroatoms. The number of hydrogen-bond donors (Lipinski definition) is 2. The molecule has 1 aliphatic heterocycles. The topological polar surface area (TPSA) is 48.9 Å². The summed E-state index contributed by atoms with van der Waals surface area (Å²) in [5, 5.41) is 6.53. The molecule has 1 heterocycles. The molecule has 1 unspecified atom stereocenters. The molecule has 0 radical (unpaired) electrons. The summed E-state index contributed by atoms with van der Waals surface area (Å²) in [6.07, 6.45) is 6.54. The van der Waals surface area contributed by atoms with Crippen molar-refractivity contribution in [3.63, 3.8) is 0 Å². The van der Waals surface area contributed by atoms with Crippen LogP contribution in [0.2, 0.25) is 0 Å². The highest BCUT2D eigenvalue weighted by molar-refractivity contribution is 5.79. The monoisotopic (exact) mass is 298 g/mol. The summed E-state index contributed by atoms with van der Waals surface area (Å²) in [4.78, 5) is 7.24. The standard InChI is InChI=1S/C16H34N4O/c1-4-17-16(19-11-14-21-3)18-10-6-8-13-20-12-7-5-9-15(20)2/h15H,4-14H2,1-3H3,(H2,17,18,19). The average Bonchev–Trinajstić information content (AvgIpc) is 2.49. The van der Waals surface area contributed by atoms with Crippen LogP contribution < -0.4 is 10.6 Å². The Balaban J connectivity index is 2.14. The molecule has 1 fully saturated rings. The van der Waals surface area contributed by atoms with Crippen molar-refractivity contribution in [2.45, 2.75) is 52.0 Å². The zero-order chi connectivity index (χ0) is 15.3. The number of unbranched alkanes of at least 4 members (excludes halogenated alkanes) is 1. The average molecular weight is 298 g/mol. The molecule has 1 rings (SSSR count). The third kappa shape index (κ3) is 8.27. The molecule has 1 aliphatic rings. The van der Waals surface area contributed by atoms with Crippen LogP contribution in [0.5, 0.6) is 0 Å². The van der Waals surface area contributed by atoms with Gasteiger partial charge in [-0.3, -0.25) is 4.99 Å². The van der Waals surface area contributed by atoms with E-state index in [1.54, 1.807) is 7.11 Å². The van der Waals surface area contributed by atoms with Crippen LogP contribution in [0.4, 0.5) is 0 Å².